The van der Waals surface area contributed by atoms with E-state index in [9.17, 15) is 9.59 Å². The second-order valence-electron chi connectivity index (χ2n) is 4.63. The maximum atomic E-state index is 11.6. The fraction of sp³-hybridized carbons (Fsp3) is 0.385. The lowest BCUT2D eigenvalue weighted by Gasteiger charge is -2.13. The number of nitrogen functional groups attached to an aromatic ring is 1. The predicted octanol–water partition coefficient (Wildman–Crippen LogP) is 1.15. The molecule has 1 aromatic rings. The van der Waals surface area contributed by atoms with E-state index in [1.807, 2.05) is 13.8 Å². The van der Waals surface area contributed by atoms with E-state index in [4.69, 9.17) is 10.8 Å². The maximum Gasteiger partial charge on any atom is 0.337 e. The molecule has 0 bridgehead atoms. The van der Waals surface area contributed by atoms with Gasteiger partial charge in [-0.25, -0.2) is 4.79 Å². The molecule has 1 aromatic carbocycles. The quantitative estimate of drug-likeness (QED) is 0.578. The van der Waals surface area contributed by atoms with Crippen molar-refractivity contribution in [2.75, 3.05) is 24.1 Å². The molecule has 104 valence electrons. The summed E-state index contributed by atoms with van der Waals surface area (Å²) in [4.78, 5) is 22.6. The summed E-state index contributed by atoms with van der Waals surface area (Å²) in [5.74, 6) is -0.925. The van der Waals surface area contributed by atoms with Gasteiger partial charge in [-0.2, -0.15) is 0 Å². The van der Waals surface area contributed by atoms with E-state index in [2.05, 4.69) is 10.6 Å². The molecule has 0 aliphatic carbocycles. The third kappa shape index (κ3) is 4.50. The van der Waals surface area contributed by atoms with Crippen molar-refractivity contribution in [3.05, 3.63) is 23.8 Å². The summed E-state index contributed by atoms with van der Waals surface area (Å²) in [7, 11) is 0. The number of carboxylic acid groups (broad SMARTS) is 1. The van der Waals surface area contributed by atoms with Gasteiger partial charge < -0.3 is 21.5 Å². The smallest absolute Gasteiger partial charge is 0.337 e. The first kappa shape index (κ1) is 14.8. The van der Waals surface area contributed by atoms with Crippen molar-refractivity contribution in [3.8, 4) is 0 Å². The molecule has 19 heavy (non-hydrogen) atoms. The summed E-state index contributed by atoms with van der Waals surface area (Å²) in [5.41, 5.74) is 6.34. The zero-order chi connectivity index (χ0) is 14.4. The Bertz CT molecular complexity index is 472. The maximum absolute atomic E-state index is 11.6. The van der Waals surface area contributed by atoms with Gasteiger partial charge >= 0.3 is 5.97 Å². The summed E-state index contributed by atoms with van der Waals surface area (Å²) in [6, 6.07) is 4.58. The van der Waals surface area contributed by atoms with Crippen LogP contribution in [-0.4, -0.2) is 30.1 Å². The van der Waals surface area contributed by atoms with Crippen LogP contribution >= 0.6 is 0 Å². The Kier molecular flexibility index (Phi) is 5.17. The largest absolute Gasteiger partial charge is 0.478 e. The monoisotopic (exact) mass is 265 g/mol. The number of benzene rings is 1. The first-order valence-corrected chi connectivity index (χ1v) is 6.04. The summed E-state index contributed by atoms with van der Waals surface area (Å²) in [6.45, 7) is 4.55. The Morgan fingerprint density at radius 1 is 1.37 bits per heavy atom. The van der Waals surface area contributed by atoms with Crippen molar-refractivity contribution in [2.24, 2.45) is 5.92 Å². The van der Waals surface area contributed by atoms with Gasteiger partial charge in [0.2, 0.25) is 5.91 Å². The number of nitrogens with one attached hydrogen (secondary N) is 2. The molecule has 0 aliphatic heterocycles. The standard InChI is InChI=1S/C13H19N3O3/c1-8(2)6-15-11(17)7-16-12-9(13(18)19)4-3-5-10(12)14/h3-5,8,16H,6-7,14H2,1-2H3,(H,15,17)(H,18,19). The van der Waals surface area contributed by atoms with E-state index in [0.717, 1.165) is 0 Å². The number of hydrogen-bond donors (Lipinski definition) is 4. The Balaban J connectivity index is 2.67. The lowest BCUT2D eigenvalue weighted by molar-refractivity contribution is -0.119. The molecule has 0 radical (unpaired) electrons. The molecule has 0 aliphatic rings. The van der Waals surface area contributed by atoms with Gasteiger partial charge in [0.1, 0.15) is 0 Å². The van der Waals surface area contributed by atoms with Crippen LogP contribution < -0.4 is 16.4 Å². The molecular formula is C13H19N3O3. The molecule has 0 saturated carbocycles. The van der Waals surface area contributed by atoms with Gasteiger partial charge in [0.25, 0.3) is 0 Å². The lowest BCUT2D eigenvalue weighted by Crippen LogP contribution is -2.32. The molecule has 6 nitrogen and oxygen atoms in total. The van der Waals surface area contributed by atoms with Gasteiger partial charge in [0.15, 0.2) is 0 Å². The fourth-order valence-electron chi connectivity index (χ4n) is 1.49. The van der Waals surface area contributed by atoms with Crippen LogP contribution in [0.2, 0.25) is 0 Å². The Hall–Kier alpha value is -2.24. The summed E-state index contributed by atoms with van der Waals surface area (Å²) in [5, 5.41) is 14.5. The number of carbonyl (C=O) groups excluding carboxylic acids is 1. The van der Waals surface area contributed by atoms with Crippen LogP contribution in [0.4, 0.5) is 11.4 Å². The van der Waals surface area contributed by atoms with Gasteiger partial charge in [0, 0.05) is 6.54 Å². The molecule has 1 amide bonds. The van der Waals surface area contributed by atoms with Crippen LogP contribution in [0.3, 0.4) is 0 Å². The van der Waals surface area contributed by atoms with Gasteiger partial charge in [-0.05, 0) is 18.1 Å². The van der Waals surface area contributed by atoms with Gasteiger partial charge in [-0.3, -0.25) is 4.79 Å². The number of anilines is 2. The predicted molar refractivity (Wildman–Crippen MR) is 74.2 cm³/mol. The Labute approximate surface area is 112 Å². The molecule has 5 N–H and O–H groups in total. The third-order valence-corrected chi connectivity index (χ3v) is 2.46. The number of carboxylic acids is 1. The van der Waals surface area contributed by atoms with Crippen LogP contribution in [0.25, 0.3) is 0 Å². The van der Waals surface area contributed by atoms with Crippen LogP contribution in [-0.2, 0) is 4.79 Å². The van der Waals surface area contributed by atoms with Gasteiger partial charge in [-0.1, -0.05) is 19.9 Å². The Morgan fingerprint density at radius 3 is 2.63 bits per heavy atom. The van der Waals surface area contributed by atoms with E-state index in [1.165, 1.54) is 6.07 Å². The van der Waals surface area contributed by atoms with Crippen molar-refractivity contribution in [2.45, 2.75) is 13.8 Å². The van der Waals surface area contributed by atoms with E-state index in [-0.39, 0.29) is 23.7 Å². The second kappa shape index (κ2) is 6.63. The highest BCUT2D eigenvalue weighted by atomic mass is 16.4. The number of rotatable bonds is 6. The molecule has 6 heteroatoms. The molecule has 0 spiro atoms. The molecule has 0 atom stereocenters. The number of hydrogen-bond acceptors (Lipinski definition) is 4. The normalized spacial score (nSPS) is 10.3. The lowest BCUT2D eigenvalue weighted by atomic mass is 10.1. The minimum Gasteiger partial charge on any atom is -0.478 e. The highest BCUT2D eigenvalue weighted by Crippen LogP contribution is 2.23. The van der Waals surface area contributed by atoms with Crippen molar-refractivity contribution in [1.82, 2.24) is 5.32 Å². The van der Waals surface area contributed by atoms with Gasteiger partial charge in [0.05, 0.1) is 23.5 Å². The molecule has 0 aromatic heterocycles. The average Bonchev–Trinajstić information content (AvgIpc) is 2.34. The number of amides is 1. The van der Waals surface area contributed by atoms with E-state index in [0.29, 0.717) is 18.2 Å². The van der Waals surface area contributed by atoms with E-state index in [1.54, 1.807) is 12.1 Å². The van der Waals surface area contributed by atoms with Gasteiger partial charge in [-0.15, -0.1) is 0 Å². The molecule has 1 rings (SSSR count). The van der Waals surface area contributed by atoms with Crippen LogP contribution in [0.5, 0.6) is 0 Å². The van der Waals surface area contributed by atoms with Crippen LogP contribution in [0.15, 0.2) is 18.2 Å². The van der Waals surface area contributed by atoms with Crippen molar-refractivity contribution < 1.29 is 14.7 Å². The van der Waals surface area contributed by atoms with Crippen LogP contribution in [0.1, 0.15) is 24.2 Å². The zero-order valence-corrected chi connectivity index (χ0v) is 11.1. The fourth-order valence-corrected chi connectivity index (χ4v) is 1.49. The Morgan fingerprint density at radius 2 is 2.05 bits per heavy atom. The first-order chi connectivity index (χ1) is 8.91. The number of aromatic carboxylic acids is 1. The molecule has 0 unspecified atom stereocenters. The van der Waals surface area contributed by atoms with Crippen LogP contribution in [0, 0.1) is 5.92 Å². The zero-order valence-electron chi connectivity index (χ0n) is 11.1. The molecule has 0 heterocycles. The number of para-hydroxylation sites is 1. The summed E-state index contributed by atoms with van der Waals surface area (Å²) in [6.07, 6.45) is 0. The minimum atomic E-state index is -1.09. The minimum absolute atomic E-state index is 0.0127. The highest BCUT2D eigenvalue weighted by Gasteiger charge is 2.13. The van der Waals surface area contributed by atoms with Crippen molar-refractivity contribution >= 4 is 23.3 Å². The summed E-state index contributed by atoms with van der Waals surface area (Å²) < 4.78 is 0. The third-order valence-electron chi connectivity index (χ3n) is 2.46. The van der Waals surface area contributed by atoms with Crippen molar-refractivity contribution in [3.63, 3.8) is 0 Å². The SMILES string of the molecule is CC(C)CNC(=O)CNc1c(N)cccc1C(=O)O. The number of carbonyl (C=O) groups is 2. The highest BCUT2D eigenvalue weighted by molar-refractivity contribution is 5.98. The first-order valence-electron chi connectivity index (χ1n) is 6.04. The average molecular weight is 265 g/mol. The topological polar surface area (TPSA) is 104 Å². The number of nitrogens with two attached hydrogens (primary N) is 1. The summed E-state index contributed by atoms with van der Waals surface area (Å²) >= 11 is 0. The van der Waals surface area contributed by atoms with Crippen molar-refractivity contribution in [1.29, 1.82) is 0 Å². The molecule has 0 saturated heterocycles. The molecular weight excluding hydrogens is 246 g/mol. The van der Waals surface area contributed by atoms with E-state index < -0.39 is 5.97 Å². The van der Waals surface area contributed by atoms with E-state index >= 15 is 0 Å². The molecule has 0 fully saturated rings. The second-order valence-corrected chi connectivity index (χ2v) is 4.63.